The van der Waals surface area contributed by atoms with Crippen molar-refractivity contribution in [3.05, 3.63) is 35.1 Å². The number of fused-ring (bicyclic) bond motifs is 3. The molecule has 9 heteroatoms. The van der Waals surface area contributed by atoms with E-state index >= 15 is 0 Å². The minimum absolute atomic E-state index is 0.0320. The maximum absolute atomic E-state index is 12.6. The van der Waals surface area contributed by atoms with Crippen molar-refractivity contribution in [2.75, 3.05) is 13.7 Å². The maximum atomic E-state index is 12.6. The lowest BCUT2D eigenvalue weighted by Crippen LogP contribution is -2.56. The molecule has 0 spiro atoms. The summed E-state index contributed by atoms with van der Waals surface area (Å²) in [6.07, 6.45) is 1.20. The molecule has 0 amide bonds. The average Bonchev–Trinajstić information content (AvgIpc) is 3.16. The molecule has 0 aromatic heterocycles. The topological polar surface area (TPSA) is 118 Å². The van der Waals surface area contributed by atoms with E-state index in [0.29, 0.717) is 12.8 Å². The quantitative estimate of drug-likeness (QED) is 0.391. The number of aliphatic hydroxyl groups is 1. The fourth-order valence-electron chi connectivity index (χ4n) is 4.21. The molecular weight excluding hydrogens is 408 g/mol. The molecule has 0 unspecified atom stereocenters. The van der Waals surface area contributed by atoms with Gasteiger partial charge in [0.05, 0.1) is 11.2 Å². The van der Waals surface area contributed by atoms with Crippen molar-refractivity contribution in [1.29, 1.82) is 0 Å². The Morgan fingerprint density at radius 2 is 1.97 bits per heavy atom. The van der Waals surface area contributed by atoms with Crippen LogP contribution >= 0.6 is 0 Å². The van der Waals surface area contributed by atoms with Crippen LogP contribution < -0.4 is 0 Å². The van der Waals surface area contributed by atoms with Gasteiger partial charge in [-0.3, -0.25) is 4.79 Å². The molecule has 31 heavy (non-hydrogen) atoms. The number of methoxy groups -OCH3 is 1. The van der Waals surface area contributed by atoms with Gasteiger partial charge in [0, 0.05) is 38.0 Å². The van der Waals surface area contributed by atoms with Crippen molar-refractivity contribution in [2.24, 2.45) is 0 Å². The standard InChI is InChI=1S/C22H28O9/c1-12(2)18(24)29-16-10-21(5,26)22(27-6)8-7-20(4,31-22)9-15-17(16)14(19(25)30-15)11-28-13(3)23/h9,16,26H,1,7-8,10-11H2,2-6H3/b15-9+/t16-,20+,21+,22-/m0/s1. The molecule has 0 radical (unpaired) electrons. The Bertz CT molecular complexity index is 897. The Kier molecular flexibility index (Phi) is 5.90. The summed E-state index contributed by atoms with van der Waals surface area (Å²) in [5.41, 5.74) is -2.14. The van der Waals surface area contributed by atoms with Gasteiger partial charge in [0.25, 0.3) is 0 Å². The first kappa shape index (κ1) is 23.2. The van der Waals surface area contributed by atoms with E-state index in [4.69, 9.17) is 23.7 Å². The highest BCUT2D eigenvalue weighted by atomic mass is 16.7. The summed E-state index contributed by atoms with van der Waals surface area (Å²) in [6.45, 7) is 9.24. The number of ether oxygens (including phenoxy) is 5. The van der Waals surface area contributed by atoms with E-state index in [1.807, 2.05) is 0 Å². The summed E-state index contributed by atoms with van der Waals surface area (Å²) in [5.74, 6) is -3.25. The van der Waals surface area contributed by atoms with E-state index in [1.165, 1.54) is 27.9 Å². The first-order chi connectivity index (χ1) is 14.3. The second kappa shape index (κ2) is 7.89. The van der Waals surface area contributed by atoms with Crippen LogP contribution in [0, 0.1) is 0 Å². The van der Waals surface area contributed by atoms with Crippen LogP contribution in [0.4, 0.5) is 0 Å². The lowest BCUT2D eigenvalue weighted by molar-refractivity contribution is -0.310. The largest absolute Gasteiger partial charge is 0.461 e. The number of hydrogen-bond donors (Lipinski definition) is 1. The van der Waals surface area contributed by atoms with E-state index in [2.05, 4.69) is 6.58 Å². The number of esters is 3. The zero-order valence-electron chi connectivity index (χ0n) is 18.4. The number of carbonyl (C=O) groups excluding carboxylic acids is 3. The summed E-state index contributed by atoms with van der Waals surface area (Å²) < 4.78 is 28.0. The molecule has 4 atom stereocenters. The number of hydrogen-bond acceptors (Lipinski definition) is 9. The Balaban J connectivity index is 2.19. The first-order valence-electron chi connectivity index (χ1n) is 9.99. The SMILES string of the molecule is C=C(C)C(=O)O[C@H]1C[C@@](C)(O)[C@]2(OC)CC[C@](C)(/C=C3/OC(=O)C(COC(C)=O)=C31)O2. The molecule has 1 saturated heterocycles. The average molecular weight is 436 g/mol. The molecule has 3 heterocycles. The van der Waals surface area contributed by atoms with Gasteiger partial charge >= 0.3 is 17.9 Å². The zero-order chi connectivity index (χ0) is 23.2. The molecule has 1 N–H and O–H groups in total. The van der Waals surface area contributed by atoms with E-state index in [1.54, 1.807) is 13.0 Å². The van der Waals surface area contributed by atoms with Crippen molar-refractivity contribution in [3.8, 4) is 0 Å². The number of rotatable bonds is 5. The van der Waals surface area contributed by atoms with Gasteiger partial charge in [0.15, 0.2) is 5.79 Å². The molecule has 0 saturated carbocycles. The fraction of sp³-hybridized carbons (Fsp3) is 0.591. The monoisotopic (exact) mass is 436 g/mol. The third-order valence-electron chi connectivity index (χ3n) is 5.90. The fourth-order valence-corrected chi connectivity index (χ4v) is 4.21. The van der Waals surface area contributed by atoms with E-state index in [-0.39, 0.29) is 35.5 Å². The molecule has 3 aliphatic rings. The van der Waals surface area contributed by atoms with E-state index in [9.17, 15) is 19.5 Å². The van der Waals surface area contributed by atoms with Crippen LogP contribution in [-0.4, -0.2) is 59.8 Å². The summed E-state index contributed by atoms with van der Waals surface area (Å²) in [6, 6.07) is 0. The normalized spacial score (nSPS) is 36.4. The van der Waals surface area contributed by atoms with Gasteiger partial charge in [-0.2, -0.15) is 0 Å². The lowest BCUT2D eigenvalue weighted by Gasteiger charge is -2.42. The molecule has 3 rings (SSSR count). The Morgan fingerprint density at radius 1 is 1.29 bits per heavy atom. The van der Waals surface area contributed by atoms with Gasteiger partial charge in [0.1, 0.15) is 24.1 Å². The molecular formula is C22H28O9. The summed E-state index contributed by atoms with van der Waals surface area (Å²) in [4.78, 5) is 36.4. The van der Waals surface area contributed by atoms with Crippen LogP contribution in [-0.2, 0) is 38.1 Å². The molecule has 2 bridgehead atoms. The van der Waals surface area contributed by atoms with Crippen LogP contribution in [0.1, 0.15) is 47.0 Å². The third-order valence-corrected chi connectivity index (χ3v) is 5.90. The van der Waals surface area contributed by atoms with Gasteiger partial charge in [0.2, 0.25) is 0 Å². The zero-order valence-corrected chi connectivity index (χ0v) is 18.4. The van der Waals surface area contributed by atoms with Gasteiger partial charge in [-0.25, -0.2) is 9.59 Å². The lowest BCUT2D eigenvalue weighted by atomic mass is 9.82. The molecule has 9 nitrogen and oxygen atoms in total. The van der Waals surface area contributed by atoms with Gasteiger partial charge in [-0.05, 0) is 33.3 Å². The van der Waals surface area contributed by atoms with Crippen molar-refractivity contribution in [2.45, 2.75) is 70.1 Å². The molecule has 3 aliphatic heterocycles. The summed E-state index contributed by atoms with van der Waals surface area (Å²) in [5, 5.41) is 11.4. The predicted octanol–water partition coefficient (Wildman–Crippen LogP) is 1.84. The van der Waals surface area contributed by atoms with Crippen molar-refractivity contribution >= 4 is 17.9 Å². The molecule has 1 fully saturated rings. The van der Waals surface area contributed by atoms with Crippen molar-refractivity contribution < 1.29 is 43.2 Å². The summed E-state index contributed by atoms with van der Waals surface area (Å²) in [7, 11) is 1.44. The minimum Gasteiger partial charge on any atom is -0.461 e. The summed E-state index contributed by atoms with van der Waals surface area (Å²) >= 11 is 0. The second-order valence-corrected chi connectivity index (χ2v) is 8.59. The first-order valence-corrected chi connectivity index (χ1v) is 9.99. The smallest absolute Gasteiger partial charge is 0.343 e. The molecule has 0 aromatic rings. The number of carbonyl (C=O) groups is 3. The maximum Gasteiger partial charge on any atom is 0.343 e. The van der Waals surface area contributed by atoms with Gasteiger partial charge in [-0.1, -0.05) is 6.58 Å². The van der Waals surface area contributed by atoms with Crippen molar-refractivity contribution in [1.82, 2.24) is 0 Å². The van der Waals surface area contributed by atoms with Gasteiger partial charge in [-0.15, -0.1) is 0 Å². The second-order valence-electron chi connectivity index (χ2n) is 8.59. The predicted molar refractivity (Wildman–Crippen MR) is 106 cm³/mol. The van der Waals surface area contributed by atoms with E-state index in [0.717, 1.165) is 0 Å². The Labute approximate surface area is 180 Å². The highest BCUT2D eigenvalue weighted by Crippen LogP contribution is 2.50. The highest BCUT2D eigenvalue weighted by Gasteiger charge is 2.60. The third kappa shape index (κ3) is 4.17. The van der Waals surface area contributed by atoms with Crippen LogP contribution in [0.15, 0.2) is 35.1 Å². The minimum atomic E-state index is -1.62. The van der Waals surface area contributed by atoms with Crippen molar-refractivity contribution in [3.63, 3.8) is 0 Å². The van der Waals surface area contributed by atoms with E-state index < -0.39 is 41.0 Å². The molecule has 0 aromatic carbocycles. The Morgan fingerprint density at radius 3 is 2.55 bits per heavy atom. The Hall–Kier alpha value is -2.49. The van der Waals surface area contributed by atoms with Crippen LogP contribution in [0.3, 0.4) is 0 Å². The van der Waals surface area contributed by atoms with Crippen LogP contribution in [0.5, 0.6) is 0 Å². The van der Waals surface area contributed by atoms with Gasteiger partial charge < -0.3 is 28.8 Å². The molecule has 0 aliphatic carbocycles. The van der Waals surface area contributed by atoms with Crippen LogP contribution in [0.25, 0.3) is 0 Å². The van der Waals surface area contributed by atoms with Crippen LogP contribution in [0.2, 0.25) is 0 Å². The molecule has 170 valence electrons. The highest BCUT2D eigenvalue weighted by molar-refractivity contribution is 5.96.